The summed E-state index contributed by atoms with van der Waals surface area (Å²) in [5.41, 5.74) is 1.10. The SMILES string of the molecule is CC[C@@H]1CN2CC[C@]3(C(=O)Nc4cccc(O)c43)[C@@H]2C[C@H]1/C(=C/OC)C(=O)OC. The fraction of sp³-hybridized carbons (Fsp3) is 0.545. The van der Waals surface area contributed by atoms with E-state index in [-0.39, 0.29) is 29.5 Å². The van der Waals surface area contributed by atoms with E-state index >= 15 is 0 Å². The zero-order valence-corrected chi connectivity index (χ0v) is 17.1. The number of amides is 1. The third-order valence-electron chi connectivity index (χ3n) is 7.05. The van der Waals surface area contributed by atoms with Crippen LogP contribution in [-0.4, -0.2) is 55.2 Å². The quantitative estimate of drug-likeness (QED) is 0.458. The monoisotopic (exact) mass is 400 g/mol. The van der Waals surface area contributed by atoms with Crippen molar-refractivity contribution in [1.82, 2.24) is 4.90 Å². The molecule has 1 amide bonds. The van der Waals surface area contributed by atoms with Gasteiger partial charge in [0.25, 0.3) is 0 Å². The van der Waals surface area contributed by atoms with E-state index in [0.29, 0.717) is 29.7 Å². The predicted octanol–water partition coefficient (Wildman–Crippen LogP) is 2.41. The summed E-state index contributed by atoms with van der Waals surface area (Å²) in [5.74, 6) is -0.125. The molecule has 29 heavy (non-hydrogen) atoms. The molecule has 3 aliphatic heterocycles. The lowest BCUT2D eigenvalue weighted by atomic mass is 9.67. The molecule has 0 unspecified atom stereocenters. The second-order valence-electron chi connectivity index (χ2n) is 8.20. The van der Waals surface area contributed by atoms with Gasteiger partial charge in [0.15, 0.2) is 0 Å². The van der Waals surface area contributed by atoms with Crippen molar-refractivity contribution < 1.29 is 24.2 Å². The van der Waals surface area contributed by atoms with Gasteiger partial charge in [-0.3, -0.25) is 9.69 Å². The lowest BCUT2D eigenvalue weighted by molar-refractivity contribution is -0.137. The van der Waals surface area contributed by atoms with Gasteiger partial charge in [0, 0.05) is 23.8 Å². The number of benzene rings is 1. The first-order chi connectivity index (χ1) is 14.0. The molecule has 0 aromatic heterocycles. The number of carbonyl (C=O) groups is 2. The number of anilines is 1. The summed E-state index contributed by atoms with van der Waals surface area (Å²) < 4.78 is 10.2. The molecule has 7 heteroatoms. The van der Waals surface area contributed by atoms with E-state index in [2.05, 4.69) is 17.1 Å². The number of phenolic OH excluding ortho intramolecular Hbond substituents is 1. The Morgan fingerprint density at radius 2 is 2.21 bits per heavy atom. The van der Waals surface area contributed by atoms with Gasteiger partial charge in [-0.05, 0) is 43.4 Å². The smallest absolute Gasteiger partial charge is 0.337 e. The average Bonchev–Trinajstić information content (AvgIpc) is 3.24. The number of ether oxygens (including phenoxy) is 2. The molecule has 4 atom stereocenters. The minimum atomic E-state index is -0.800. The minimum absolute atomic E-state index is 0.0643. The van der Waals surface area contributed by atoms with Gasteiger partial charge in [-0.2, -0.15) is 0 Å². The van der Waals surface area contributed by atoms with Crippen LogP contribution < -0.4 is 5.32 Å². The molecule has 0 bridgehead atoms. The van der Waals surface area contributed by atoms with Crippen LogP contribution in [0.4, 0.5) is 5.69 Å². The van der Waals surface area contributed by atoms with Crippen LogP contribution >= 0.6 is 0 Å². The van der Waals surface area contributed by atoms with E-state index in [1.165, 1.54) is 20.5 Å². The van der Waals surface area contributed by atoms with Gasteiger partial charge in [-0.15, -0.1) is 0 Å². The van der Waals surface area contributed by atoms with Crippen LogP contribution in [0.5, 0.6) is 5.75 Å². The molecular weight excluding hydrogens is 372 g/mol. The number of esters is 1. The highest BCUT2D eigenvalue weighted by Gasteiger charge is 2.61. The Balaban J connectivity index is 1.77. The molecule has 0 radical (unpaired) electrons. The predicted molar refractivity (Wildman–Crippen MR) is 107 cm³/mol. The minimum Gasteiger partial charge on any atom is -0.508 e. The Morgan fingerprint density at radius 1 is 1.41 bits per heavy atom. The van der Waals surface area contributed by atoms with E-state index in [1.807, 2.05) is 6.07 Å². The fourth-order valence-electron chi connectivity index (χ4n) is 5.73. The molecule has 3 heterocycles. The molecule has 3 aliphatic rings. The topological polar surface area (TPSA) is 88.1 Å². The van der Waals surface area contributed by atoms with Crippen LogP contribution in [0, 0.1) is 11.8 Å². The van der Waals surface area contributed by atoms with Crippen LogP contribution in [0.1, 0.15) is 31.7 Å². The van der Waals surface area contributed by atoms with Crippen molar-refractivity contribution in [2.75, 3.05) is 32.6 Å². The summed E-state index contributed by atoms with van der Waals surface area (Å²) in [6.07, 6.45) is 3.67. The lowest BCUT2D eigenvalue weighted by Crippen LogP contribution is -2.53. The highest BCUT2D eigenvalue weighted by Crippen LogP contribution is 2.55. The zero-order valence-electron chi connectivity index (χ0n) is 17.1. The van der Waals surface area contributed by atoms with E-state index < -0.39 is 11.4 Å². The molecule has 0 saturated carbocycles. The van der Waals surface area contributed by atoms with Crippen LogP contribution in [0.3, 0.4) is 0 Å². The van der Waals surface area contributed by atoms with E-state index in [4.69, 9.17) is 9.47 Å². The maximum absolute atomic E-state index is 13.2. The van der Waals surface area contributed by atoms with E-state index in [0.717, 1.165) is 19.5 Å². The van der Waals surface area contributed by atoms with Crippen molar-refractivity contribution in [3.05, 3.63) is 35.6 Å². The number of hydrogen-bond acceptors (Lipinski definition) is 6. The number of hydrogen-bond donors (Lipinski definition) is 2. The molecular formula is C22H28N2O5. The number of piperidine rings is 1. The fourth-order valence-corrected chi connectivity index (χ4v) is 5.73. The average molecular weight is 400 g/mol. The van der Waals surface area contributed by atoms with Gasteiger partial charge in [0.2, 0.25) is 5.91 Å². The van der Waals surface area contributed by atoms with Crippen molar-refractivity contribution in [3.8, 4) is 5.75 Å². The molecule has 2 N–H and O–H groups in total. The second kappa shape index (κ2) is 7.37. The summed E-state index contributed by atoms with van der Waals surface area (Å²) >= 11 is 0. The van der Waals surface area contributed by atoms with Crippen molar-refractivity contribution >= 4 is 17.6 Å². The maximum atomic E-state index is 13.2. The zero-order chi connectivity index (χ0) is 20.8. The highest BCUT2D eigenvalue weighted by molar-refractivity contribution is 6.08. The van der Waals surface area contributed by atoms with Crippen molar-refractivity contribution in [3.63, 3.8) is 0 Å². The lowest BCUT2D eigenvalue weighted by Gasteiger charge is -2.45. The molecule has 156 valence electrons. The van der Waals surface area contributed by atoms with Crippen LogP contribution in [-0.2, 0) is 24.5 Å². The van der Waals surface area contributed by atoms with Crippen molar-refractivity contribution in [2.24, 2.45) is 11.8 Å². The second-order valence-corrected chi connectivity index (χ2v) is 8.20. The number of nitrogens with zero attached hydrogens (tertiary/aromatic N) is 1. The molecule has 4 rings (SSSR count). The molecule has 1 aromatic carbocycles. The summed E-state index contributed by atoms with van der Waals surface area (Å²) in [7, 11) is 2.90. The Hall–Kier alpha value is -2.54. The number of rotatable bonds is 4. The molecule has 2 fully saturated rings. The summed E-state index contributed by atoms with van der Waals surface area (Å²) in [5, 5.41) is 13.6. The number of aromatic hydroxyl groups is 1. The van der Waals surface area contributed by atoms with Gasteiger partial charge < -0.3 is 19.9 Å². The third-order valence-corrected chi connectivity index (χ3v) is 7.05. The molecule has 0 aliphatic carbocycles. The van der Waals surface area contributed by atoms with Crippen LogP contribution in [0.25, 0.3) is 0 Å². The number of methoxy groups -OCH3 is 2. The molecule has 2 saturated heterocycles. The Bertz CT molecular complexity index is 867. The maximum Gasteiger partial charge on any atom is 0.337 e. The molecule has 7 nitrogen and oxygen atoms in total. The first-order valence-electron chi connectivity index (χ1n) is 10.2. The van der Waals surface area contributed by atoms with Crippen LogP contribution in [0.2, 0.25) is 0 Å². The summed E-state index contributed by atoms with van der Waals surface area (Å²) in [4.78, 5) is 28.1. The molecule has 1 aromatic rings. The summed E-state index contributed by atoms with van der Waals surface area (Å²) in [6, 6.07) is 5.12. The normalized spacial score (nSPS) is 31.3. The number of carbonyl (C=O) groups excluding carboxylic acids is 2. The first-order valence-corrected chi connectivity index (χ1v) is 10.2. The van der Waals surface area contributed by atoms with Crippen LogP contribution in [0.15, 0.2) is 30.0 Å². The first kappa shape index (κ1) is 19.8. The van der Waals surface area contributed by atoms with Gasteiger partial charge in [-0.1, -0.05) is 19.4 Å². The third kappa shape index (κ3) is 2.82. The van der Waals surface area contributed by atoms with Crippen molar-refractivity contribution in [1.29, 1.82) is 0 Å². The Kier molecular flexibility index (Phi) is 5.02. The van der Waals surface area contributed by atoms with Gasteiger partial charge in [0.1, 0.15) is 5.75 Å². The van der Waals surface area contributed by atoms with E-state index in [1.54, 1.807) is 12.1 Å². The van der Waals surface area contributed by atoms with Gasteiger partial charge >= 0.3 is 5.97 Å². The Morgan fingerprint density at radius 3 is 2.90 bits per heavy atom. The largest absolute Gasteiger partial charge is 0.508 e. The van der Waals surface area contributed by atoms with Crippen molar-refractivity contribution in [2.45, 2.75) is 37.6 Å². The Labute approximate surface area is 170 Å². The molecule has 1 spiro atoms. The van der Waals surface area contributed by atoms with Gasteiger partial charge in [0.05, 0.1) is 31.5 Å². The highest BCUT2D eigenvalue weighted by atomic mass is 16.5. The number of nitrogens with one attached hydrogen (secondary N) is 1. The number of fused-ring (bicyclic) bond motifs is 4. The number of phenols is 1. The summed E-state index contributed by atoms with van der Waals surface area (Å²) in [6.45, 7) is 3.70. The van der Waals surface area contributed by atoms with E-state index in [9.17, 15) is 14.7 Å². The van der Waals surface area contributed by atoms with Gasteiger partial charge in [-0.25, -0.2) is 4.79 Å². The standard InChI is InChI=1S/C22H28N2O5/c1-4-13-11-24-9-8-22(19-16(23-21(22)27)6-5-7-17(19)25)18(24)10-14(13)15(12-28-2)20(26)29-3/h5-7,12-14,18,25H,4,8-11H2,1-3H3,(H,23,27)/b15-12-/t13-,14-,18+,22+/m1/s1.